The van der Waals surface area contributed by atoms with Gasteiger partial charge in [-0.15, -0.1) is 0 Å². The highest BCUT2D eigenvalue weighted by molar-refractivity contribution is 5.75. The fraction of sp³-hybridized carbons (Fsp3) is 0.552. The first kappa shape index (κ1) is 30.6. The summed E-state index contributed by atoms with van der Waals surface area (Å²) in [5, 5.41) is 0. The fourth-order valence-corrected chi connectivity index (χ4v) is 6.12. The minimum Gasteiger partial charge on any atom is -0.378 e. The third-order valence-corrected chi connectivity index (χ3v) is 8.28. The molecule has 3 saturated heterocycles. The molecule has 3 aliphatic heterocycles. The standard InChI is InChI=1S/C29H31F7N2O4/c1-16-9-22(30)3-4-23(16)25-24-14-38(27(39)37-5-7-40-8-6-37)13-19(24)15-41-26(25)42-17(2)18-10-20(28(31,32)33)12-21(11-18)29(34,35)36/h3-4,9-12,17,19,24-26H,5-8,13-15H2,1-2H3/t17-,19+,24?,25+,26-/m1/s1. The zero-order chi connectivity index (χ0) is 30.4. The van der Waals surface area contributed by atoms with Gasteiger partial charge in [0.05, 0.1) is 37.1 Å². The Morgan fingerprint density at radius 1 is 0.952 bits per heavy atom. The van der Waals surface area contributed by atoms with Crippen molar-refractivity contribution in [3.8, 4) is 0 Å². The maximum atomic E-state index is 14.0. The van der Waals surface area contributed by atoms with E-state index in [1.54, 1.807) is 22.8 Å². The summed E-state index contributed by atoms with van der Waals surface area (Å²) in [5.41, 5.74) is -1.93. The fourth-order valence-electron chi connectivity index (χ4n) is 6.12. The van der Waals surface area contributed by atoms with Crippen LogP contribution in [0.25, 0.3) is 0 Å². The minimum absolute atomic E-state index is 0.0706. The van der Waals surface area contributed by atoms with Crippen LogP contribution in [0.1, 0.15) is 46.8 Å². The molecule has 3 heterocycles. The zero-order valence-corrected chi connectivity index (χ0v) is 23.0. The van der Waals surface area contributed by atoms with Crippen molar-refractivity contribution in [3.63, 3.8) is 0 Å². The van der Waals surface area contributed by atoms with Crippen molar-refractivity contribution in [2.75, 3.05) is 46.0 Å². The van der Waals surface area contributed by atoms with Gasteiger partial charge in [-0.05, 0) is 66.8 Å². The number of likely N-dealkylation sites (tertiary alicyclic amines) is 1. The smallest absolute Gasteiger partial charge is 0.378 e. The molecule has 2 amide bonds. The molecule has 0 bridgehead atoms. The van der Waals surface area contributed by atoms with E-state index in [0.717, 1.165) is 0 Å². The van der Waals surface area contributed by atoms with E-state index >= 15 is 0 Å². The third-order valence-electron chi connectivity index (χ3n) is 8.28. The van der Waals surface area contributed by atoms with E-state index in [1.165, 1.54) is 19.1 Å². The molecule has 0 N–H and O–H groups in total. The highest BCUT2D eigenvalue weighted by Crippen LogP contribution is 2.46. The Kier molecular flexibility index (Phi) is 8.47. The molecule has 3 aliphatic rings. The average Bonchev–Trinajstić information content (AvgIpc) is 3.37. The van der Waals surface area contributed by atoms with Crippen LogP contribution in [0.3, 0.4) is 0 Å². The number of ether oxygens (including phenoxy) is 3. The zero-order valence-electron chi connectivity index (χ0n) is 23.0. The lowest BCUT2D eigenvalue weighted by atomic mass is 9.76. The molecule has 0 aliphatic carbocycles. The van der Waals surface area contributed by atoms with E-state index in [0.29, 0.717) is 62.7 Å². The Balaban J connectivity index is 1.45. The number of alkyl halides is 6. The quantitative estimate of drug-likeness (QED) is 0.380. The number of morpholine rings is 1. The first-order chi connectivity index (χ1) is 19.7. The summed E-state index contributed by atoms with van der Waals surface area (Å²) in [6.45, 7) is 5.77. The van der Waals surface area contributed by atoms with Crippen molar-refractivity contribution in [2.24, 2.45) is 11.8 Å². The number of halogens is 7. The number of amides is 2. The van der Waals surface area contributed by atoms with Gasteiger partial charge in [0.2, 0.25) is 0 Å². The number of fused-ring (bicyclic) bond motifs is 1. The molecule has 2 aromatic carbocycles. The Morgan fingerprint density at radius 3 is 2.19 bits per heavy atom. The van der Waals surface area contributed by atoms with Gasteiger partial charge in [-0.2, -0.15) is 26.3 Å². The Morgan fingerprint density at radius 2 is 1.60 bits per heavy atom. The molecule has 230 valence electrons. The average molecular weight is 605 g/mol. The highest BCUT2D eigenvalue weighted by Gasteiger charge is 2.49. The van der Waals surface area contributed by atoms with Gasteiger partial charge in [-0.3, -0.25) is 0 Å². The van der Waals surface area contributed by atoms with Crippen LogP contribution in [0.5, 0.6) is 0 Å². The second-order valence-corrected chi connectivity index (χ2v) is 11.1. The largest absolute Gasteiger partial charge is 0.416 e. The van der Waals surface area contributed by atoms with Gasteiger partial charge in [0.25, 0.3) is 0 Å². The molecule has 0 spiro atoms. The number of carbonyl (C=O) groups excluding carboxylic acids is 1. The molecule has 5 atom stereocenters. The molecule has 6 nitrogen and oxygen atoms in total. The minimum atomic E-state index is -5.00. The first-order valence-corrected chi connectivity index (χ1v) is 13.7. The lowest BCUT2D eigenvalue weighted by Crippen LogP contribution is -2.47. The summed E-state index contributed by atoms with van der Waals surface area (Å²) in [4.78, 5) is 16.7. The number of urea groups is 1. The maximum absolute atomic E-state index is 14.0. The first-order valence-electron chi connectivity index (χ1n) is 13.7. The van der Waals surface area contributed by atoms with Crippen molar-refractivity contribution >= 4 is 6.03 Å². The monoisotopic (exact) mass is 604 g/mol. The highest BCUT2D eigenvalue weighted by atomic mass is 19.4. The molecule has 2 aromatic rings. The van der Waals surface area contributed by atoms with Crippen LogP contribution < -0.4 is 0 Å². The molecule has 0 radical (unpaired) electrons. The van der Waals surface area contributed by atoms with Crippen LogP contribution in [0.15, 0.2) is 36.4 Å². The molecule has 13 heteroatoms. The van der Waals surface area contributed by atoms with Crippen molar-refractivity contribution < 1.29 is 49.7 Å². The number of benzene rings is 2. The number of rotatable bonds is 4. The van der Waals surface area contributed by atoms with Crippen LogP contribution in [0.2, 0.25) is 0 Å². The molecular weight excluding hydrogens is 573 g/mol. The van der Waals surface area contributed by atoms with Crippen molar-refractivity contribution in [3.05, 3.63) is 70.0 Å². The summed E-state index contributed by atoms with van der Waals surface area (Å²) < 4.78 is 113. The summed E-state index contributed by atoms with van der Waals surface area (Å²) in [6.07, 6.45) is -12.3. The van der Waals surface area contributed by atoms with Crippen molar-refractivity contribution in [2.45, 2.75) is 44.5 Å². The molecule has 42 heavy (non-hydrogen) atoms. The number of aryl methyl sites for hydroxylation is 1. The van der Waals surface area contributed by atoms with Gasteiger partial charge in [-0.25, -0.2) is 9.18 Å². The van der Waals surface area contributed by atoms with Gasteiger partial charge in [0, 0.05) is 38.0 Å². The van der Waals surface area contributed by atoms with Gasteiger partial charge >= 0.3 is 18.4 Å². The number of nitrogens with zero attached hydrogens (tertiary/aromatic N) is 2. The molecule has 5 rings (SSSR count). The normalized spacial score (nSPS) is 25.8. The summed E-state index contributed by atoms with van der Waals surface area (Å²) in [6, 6.07) is 5.41. The molecule has 0 aromatic heterocycles. The predicted octanol–water partition coefficient (Wildman–Crippen LogP) is 6.39. The lowest BCUT2D eigenvalue weighted by Gasteiger charge is -2.41. The van der Waals surface area contributed by atoms with Gasteiger partial charge in [-0.1, -0.05) is 6.07 Å². The van der Waals surface area contributed by atoms with E-state index in [2.05, 4.69) is 0 Å². The maximum Gasteiger partial charge on any atom is 0.416 e. The molecule has 3 fully saturated rings. The summed E-state index contributed by atoms with van der Waals surface area (Å²) in [7, 11) is 0. The third kappa shape index (κ3) is 6.37. The number of hydrogen-bond acceptors (Lipinski definition) is 4. The van der Waals surface area contributed by atoms with Crippen LogP contribution in [0.4, 0.5) is 35.5 Å². The number of carbonyl (C=O) groups is 1. The van der Waals surface area contributed by atoms with Crippen LogP contribution in [-0.2, 0) is 26.6 Å². The Labute approximate surface area is 238 Å². The Hall–Kier alpha value is -2.90. The number of hydrogen-bond donors (Lipinski definition) is 0. The van der Waals surface area contributed by atoms with Gasteiger partial charge in [0.1, 0.15) is 5.82 Å². The predicted molar refractivity (Wildman–Crippen MR) is 136 cm³/mol. The van der Waals surface area contributed by atoms with Crippen LogP contribution in [-0.4, -0.2) is 68.1 Å². The summed E-state index contributed by atoms with van der Waals surface area (Å²) in [5.74, 6) is -1.35. The van der Waals surface area contributed by atoms with E-state index in [9.17, 15) is 35.5 Å². The second-order valence-electron chi connectivity index (χ2n) is 11.1. The summed E-state index contributed by atoms with van der Waals surface area (Å²) >= 11 is 0. The molecule has 1 unspecified atom stereocenters. The van der Waals surface area contributed by atoms with Crippen LogP contribution >= 0.6 is 0 Å². The topological polar surface area (TPSA) is 51.2 Å². The SMILES string of the molecule is Cc1cc(F)ccc1[C@H]1C2CN(C(=O)N3CCOCC3)C[C@H]2CO[C@@H]1O[C@H](C)c1cc(C(F)(F)F)cc(C(F)(F)F)c1. The van der Waals surface area contributed by atoms with E-state index < -0.39 is 47.6 Å². The lowest BCUT2D eigenvalue weighted by molar-refractivity contribution is -0.217. The second kappa shape index (κ2) is 11.6. The van der Waals surface area contributed by atoms with E-state index in [1.807, 2.05) is 0 Å². The van der Waals surface area contributed by atoms with E-state index in [4.69, 9.17) is 14.2 Å². The van der Waals surface area contributed by atoms with Gasteiger partial charge in [0.15, 0.2) is 6.29 Å². The molecular formula is C29H31F7N2O4. The molecule has 0 saturated carbocycles. The van der Waals surface area contributed by atoms with Crippen molar-refractivity contribution in [1.29, 1.82) is 0 Å². The van der Waals surface area contributed by atoms with Crippen molar-refractivity contribution in [1.82, 2.24) is 9.80 Å². The van der Waals surface area contributed by atoms with Gasteiger partial charge < -0.3 is 24.0 Å². The Bertz CT molecular complexity index is 1260. The van der Waals surface area contributed by atoms with E-state index in [-0.39, 0.29) is 36.1 Å². The van der Waals surface area contributed by atoms with Crippen LogP contribution in [0, 0.1) is 24.6 Å².